The average Bonchev–Trinajstić information content (AvgIpc) is 3.29. The van der Waals surface area contributed by atoms with Crippen molar-refractivity contribution in [3.8, 4) is 11.3 Å². The molecule has 6 nitrogen and oxygen atoms in total. The van der Waals surface area contributed by atoms with E-state index in [9.17, 15) is 4.79 Å². The number of nitrogens with zero attached hydrogens (tertiary/aromatic N) is 3. The quantitative estimate of drug-likeness (QED) is 0.572. The second-order valence-corrected chi connectivity index (χ2v) is 9.01. The Balaban J connectivity index is 1.58. The summed E-state index contributed by atoms with van der Waals surface area (Å²) in [5.74, 6) is 1.98. The van der Waals surface area contributed by atoms with Crippen LogP contribution in [0.25, 0.3) is 17.0 Å². The molecule has 2 aliphatic rings. The molecule has 3 heterocycles. The Morgan fingerprint density at radius 2 is 2.03 bits per heavy atom. The number of nitrogens with one attached hydrogen (secondary N) is 1. The molecule has 1 aromatic heterocycles. The summed E-state index contributed by atoms with van der Waals surface area (Å²) in [6.45, 7) is 2.14. The number of para-hydroxylation sites is 1. The third-order valence-electron chi connectivity index (χ3n) is 5.24. The van der Waals surface area contributed by atoms with Crippen LogP contribution in [0.2, 0.25) is 5.02 Å². The Kier molecular flexibility index (Phi) is 5.76. The maximum absolute atomic E-state index is 13.1. The Morgan fingerprint density at radius 1 is 1.16 bits per heavy atom. The molecule has 8 heteroatoms. The molecule has 162 valence electrons. The average molecular weight is 465 g/mol. The highest BCUT2D eigenvalue weighted by atomic mass is 35.5. The number of halogens is 1. The van der Waals surface area contributed by atoms with E-state index < -0.39 is 6.17 Å². The zero-order valence-electron chi connectivity index (χ0n) is 17.4. The van der Waals surface area contributed by atoms with Crippen molar-refractivity contribution in [1.29, 1.82) is 0 Å². The van der Waals surface area contributed by atoms with E-state index in [4.69, 9.17) is 26.1 Å². The van der Waals surface area contributed by atoms with Crippen molar-refractivity contribution in [3.63, 3.8) is 0 Å². The standard InChI is InChI=1S/C24H21ClN4O2S/c1-2-3-13-32-24-27-23(30)21-17-9-4-5-10-18(17)26-22(29(21)28-24)20-12-11-19(31-20)15-7-6-8-16(25)14-15/h4-12,14,22H,2-3,13H2,1H3,(H,27,28,30). The number of amides is 1. The number of thioether (sulfide) groups is 1. The van der Waals surface area contributed by atoms with E-state index in [0.29, 0.717) is 27.4 Å². The second-order valence-electron chi connectivity index (χ2n) is 7.49. The van der Waals surface area contributed by atoms with Gasteiger partial charge in [-0.25, -0.2) is 10.0 Å². The SMILES string of the molecule is CCCCSC1=NN2C(=c3ccccc3=NC2c2ccc(-c3cccc(Cl)c3)o2)C(=O)N1. The summed E-state index contributed by atoms with van der Waals surface area (Å²) in [4.78, 5) is 18.0. The lowest BCUT2D eigenvalue weighted by atomic mass is 10.1. The van der Waals surface area contributed by atoms with Gasteiger partial charge in [-0.05, 0) is 36.8 Å². The number of unbranched alkanes of at least 4 members (excludes halogenated alkanes) is 1. The van der Waals surface area contributed by atoms with Gasteiger partial charge in [0.15, 0.2) is 10.9 Å². The molecule has 0 spiro atoms. The van der Waals surface area contributed by atoms with Crippen molar-refractivity contribution in [3.05, 3.63) is 82.0 Å². The van der Waals surface area contributed by atoms with Gasteiger partial charge >= 0.3 is 0 Å². The van der Waals surface area contributed by atoms with Gasteiger partial charge in [0.2, 0.25) is 6.17 Å². The molecule has 0 radical (unpaired) electrons. The maximum Gasteiger partial charge on any atom is 0.276 e. The summed E-state index contributed by atoms with van der Waals surface area (Å²) in [5, 5.41) is 12.1. The van der Waals surface area contributed by atoms with Gasteiger partial charge < -0.3 is 4.42 Å². The number of amidine groups is 1. The predicted molar refractivity (Wildman–Crippen MR) is 127 cm³/mol. The number of hydrogen-bond donors (Lipinski definition) is 1. The second kappa shape index (κ2) is 8.84. The smallest absolute Gasteiger partial charge is 0.276 e. The van der Waals surface area contributed by atoms with Crippen LogP contribution in [-0.2, 0) is 4.79 Å². The van der Waals surface area contributed by atoms with E-state index in [1.165, 1.54) is 11.8 Å². The van der Waals surface area contributed by atoms with E-state index in [2.05, 4.69) is 12.2 Å². The molecule has 2 aliphatic heterocycles. The van der Waals surface area contributed by atoms with Gasteiger partial charge in [-0.2, -0.15) is 0 Å². The van der Waals surface area contributed by atoms with Crippen LogP contribution in [0.5, 0.6) is 0 Å². The molecule has 0 bridgehead atoms. The molecular weight excluding hydrogens is 444 g/mol. The molecule has 0 saturated heterocycles. The number of carbonyl (C=O) groups is 1. The lowest BCUT2D eigenvalue weighted by Crippen LogP contribution is -2.50. The zero-order valence-corrected chi connectivity index (χ0v) is 19.0. The third kappa shape index (κ3) is 3.94. The summed E-state index contributed by atoms with van der Waals surface area (Å²) >= 11 is 7.69. The molecule has 1 atom stereocenters. The third-order valence-corrected chi connectivity index (χ3v) is 6.43. The number of fused-ring (bicyclic) bond motifs is 2. The minimum atomic E-state index is -0.583. The number of rotatable bonds is 5. The maximum atomic E-state index is 13.1. The van der Waals surface area contributed by atoms with Gasteiger partial charge in [0.05, 0.1) is 5.36 Å². The van der Waals surface area contributed by atoms with E-state index in [0.717, 1.165) is 34.7 Å². The van der Waals surface area contributed by atoms with Crippen LogP contribution in [0.1, 0.15) is 31.7 Å². The summed E-state index contributed by atoms with van der Waals surface area (Å²) in [5.41, 5.74) is 1.35. The van der Waals surface area contributed by atoms with Gasteiger partial charge in [-0.1, -0.05) is 67.0 Å². The first-order chi connectivity index (χ1) is 15.6. The van der Waals surface area contributed by atoms with Gasteiger partial charge in [-0.3, -0.25) is 10.1 Å². The number of hydrogen-bond acceptors (Lipinski definition) is 6. The van der Waals surface area contributed by atoms with Crippen LogP contribution in [0.3, 0.4) is 0 Å². The summed E-state index contributed by atoms with van der Waals surface area (Å²) in [6, 6.07) is 18.9. The van der Waals surface area contributed by atoms with Crippen molar-refractivity contribution in [2.75, 3.05) is 5.75 Å². The van der Waals surface area contributed by atoms with Gasteiger partial charge in [0, 0.05) is 21.6 Å². The Morgan fingerprint density at radius 3 is 2.88 bits per heavy atom. The molecule has 32 heavy (non-hydrogen) atoms. The van der Waals surface area contributed by atoms with Crippen LogP contribution >= 0.6 is 23.4 Å². The number of furan rings is 1. The van der Waals surface area contributed by atoms with Crippen molar-refractivity contribution in [2.24, 2.45) is 10.1 Å². The van der Waals surface area contributed by atoms with E-state index >= 15 is 0 Å². The minimum absolute atomic E-state index is 0.187. The molecule has 0 aliphatic carbocycles. The molecule has 1 N–H and O–H groups in total. The summed E-state index contributed by atoms with van der Waals surface area (Å²) in [7, 11) is 0. The Labute approximate surface area is 194 Å². The van der Waals surface area contributed by atoms with E-state index in [1.807, 2.05) is 60.7 Å². The molecule has 0 saturated carbocycles. The molecule has 1 amide bonds. The van der Waals surface area contributed by atoms with Crippen molar-refractivity contribution >= 4 is 40.1 Å². The fraction of sp³-hybridized carbons (Fsp3) is 0.208. The van der Waals surface area contributed by atoms with Gasteiger partial charge in [-0.15, -0.1) is 5.10 Å². The fourth-order valence-corrected chi connectivity index (χ4v) is 4.81. The molecule has 0 fully saturated rings. The van der Waals surface area contributed by atoms with Crippen LogP contribution in [0.15, 0.2) is 75.2 Å². The highest BCUT2D eigenvalue weighted by Gasteiger charge is 2.35. The van der Waals surface area contributed by atoms with Crippen LogP contribution < -0.4 is 15.9 Å². The van der Waals surface area contributed by atoms with Crippen molar-refractivity contribution < 1.29 is 9.21 Å². The molecule has 5 rings (SSSR count). The normalized spacial score (nSPS) is 17.2. The lowest BCUT2D eigenvalue weighted by molar-refractivity contribution is -0.116. The van der Waals surface area contributed by atoms with Crippen LogP contribution in [0, 0.1) is 0 Å². The summed E-state index contributed by atoms with van der Waals surface area (Å²) in [6.07, 6.45) is 1.55. The monoisotopic (exact) mass is 464 g/mol. The molecular formula is C24H21ClN4O2S. The molecule has 2 aromatic carbocycles. The van der Waals surface area contributed by atoms with E-state index in [1.54, 1.807) is 5.01 Å². The zero-order chi connectivity index (χ0) is 22.1. The Bertz CT molecular complexity index is 1330. The van der Waals surface area contributed by atoms with Crippen molar-refractivity contribution in [2.45, 2.75) is 25.9 Å². The number of carbonyl (C=O) groups excluding carboxylic acids is 1. The highest BCUT2D eigenvalue weighted by Crippen LogP contribution is 2.34. The van der Waals surface area contributed by atoms with Gasteiger partial charge in [0.25, 0.3) is 5.91 Å². The lowest BCUT2D eigenvalue weighted by Gasteiger charge is -2.32. The van der Waals surface area contributed by atoms with Crippen LogP contribution in [-0.4, -0.2) is 21.8 Å². The van der Waals surface area contributed by atoms with Gasteiger partial charge in [0.1, 0.15) is 11.5 Å². The summed E-state index contributed by atoms with van der Waals surface area (Å²) < 4.78 is 6.18. The number of benzene rings is 2. The molecule has 3 aromatic rings. The highest BCUT2D eigenvalue weighted by molar-refractivity contribution is 8.13. The Hall–Kier alpha value is -3.03. The van der Waals surface area contributed by atoms with E-state index in [-0.39, 0.29) is 5.91 Å². The first-order valence-electron chi connectivity index (χ1n) is 10.5. The van der Waals surface area contributed by atoms with Crippen molar-refractivity contribution in [1.82, 2.24) is 10.3 Å². The first-order valence-corrected chi connectivity index (χ1v) is 11.9. The molecule has 1 unspecified atom stereocenters. The number of hydrazone groups is 1. The van der Waals surface area contributed by atoms with Crippen LogP contribution in [0.4, 0.5) is 0 Å². The predicted octanol–water partition coefficient (Wildman–Crippen LogP) is 4.28. The first kappa shape index (κ1) is 20.8. The fourth-order valence-electron chi connectivity index (χ4n) is 3.68. The minimum Gasteiger partial charge on any atom is -0.457 e. The largest absolute Gasteiger partial charge is 0.457 e. The topological polar surface area (TPSA) is 70.2 Å².